The van der Waals surface area contributed by atoms with Crippen molar-refractivity contribution in [2.24, 2.45) is 7.05 Å². The first-order chi connectivity index (χ1) is 6.11. The van der Waals surface area contributed by atoms with E-state index in [1.807, 2.05) is 0 Å². The van der Waals surface area contributed by atoms with Gasteiger partial charge in [-0.05, 0) is 0 Å². The van der Waals surface area contributed by atoms with Crippen molar-refractivity contribution < 1.29 is 4.39 Å². The maximum Gasteiger partial charge on any atom is 0.326 e. The first kappa shape index (κ1) is 8.25. The van der Waals surface area contributed by atoms with E-state index in [4.69, 9.17) is 11.6 Å². The Hall–Kier alpha value is -1.36. The van der Waals surface area contributed by atoms with Gasteiger partial charge in [0.1, 0.15) is 5.52 Å². The smallest absolute Gasteiger partial charge is 0.304 e. The molecule has 0 atom stereocenters. The molecule has 0 radical (unpaired) electrons. The number of hydrogen-bond donors (Lipinski definition) is 1. The number of hydrogen-bond acceptors (Lipinski definition) is 2. The molecule has 0 bridgehead atoms. The number of rotatable bonds is 0. The Morgan fingerprint density at radius 2 is 2.38 bits per heavy atom. The van der Waals surface area contributed by atoms with Crippen molar-refractivity contribution in [2.45, 2.75) is 0 Å². The van der Waals surface area contributed by atoms with E-state index in [1.165, 1.54) is 13.2 Å². The summed E-state index contributed by atoms with van der Waals surface area (Å²) in [6, 6.07) is 0. The van der Waals surface area contributed by atoms with Crippen LogP contribution in [0.3, 0.4) is 0 Å². The Morgan fingerprint density at radius 3 is 3.08 bits per heavy atom. The summed E-state index contributed by atoms with van der Waals surface area (Å²) in [4.78, 5) is 17.1. The fourth-order valence-corrected chi connectivity index (χ4v) is 1.31. The molecule has 6 heteroatoms. The van der Waals surface area contributed by atoms with Gasteiger partial charge in [0.05, 0.1) is 11.7 Å². The second-order valence-electron chi connectivity index (χ2n) is 2.61. The monoisotopic (exact) mass is 201 g/mol. The van der Waals surface area contributed by atoms with E-state index in [2.05, 4.69) is 9.97 Å². The van der Waals surface area contributed by atoms with E-state index in [0.29, 0.717) is 5.52 Å². The average molecular weight is 202 g/mol. The lowest BCUT2D eigenvalue weighted by molar-refractivity contribution is 0.625. The van der Waals surface area contributed by atoms with Crippen molar-refractivity contribution >= 4 is 22.6 Å². The van der Waals surface area contributed by atoms with E-state index < -0.39 is 11.5 Å². The highest BCUT2D eigenvalue weighted by atomic mass is 35.5. The summed E-state index contributed by atoms with van der Waals surface area (Å²) in [5.41, 5.74) is 0.0948. The van der Waals surface area contributed by atoms with Gasteiger partial charge in [0.2, 0.25) is 0 Å². The Kier molecular flexibility index (Phi) is 1.63. The molecule has 0 amide bonds. The van der Waals surface area contributed by atoms with Gasteiger partial charge < -0.3 is 4.98 Å². The molecule has 0 unspecified atom stereocenters. The van der Waals surface area contributed by atoms with E-state index in [9.17, 15) is 9.18 Å². The van der Waals surface area contributed by atoms with Gasteiger partial charge >= 0.3 is 5.69 Å². The lowest BCUT2D eigenvalue weighted by Gasteiger charge is -1.96. The maximum atomic E-state index is 13.3. The molecule has 2 rings (SSSR count). The van der Waals surface area contributed by atoms with Crippen LogP contribution in [0, 0.1) is 5.82 Å². The number of H-pyrrole nitrogens is 1. The van der Waals surface area contributed by atoms with Crippen LogP contribution in [0.1, 0.15) is 0 Å². The van der Waals surface area contributed by atoms with Gasteiger partial charge in [0.15, 0.2) is 11.0 Å². The lowest BCUT2D eigenvalue weighted by atomic mass is 10.4. The first-order valence-corrected chi connectivity index (χ1v) is 3.87. The molecule has 68 valence electrons. The van der Waals surface area contributed by atoms with E-state index >= 15 is 0 Å². The second-order valence-corrected chi connectivity index (χ2v) is 2.97. The molecule has 0 saturated heterocycles. The van der Waals surface area contributed by atoms with Crippen molar-refractivity contribution in [3.63, 3.8) is 0 Å². The van der Waals surface area contributed by atoms with Gasteiger partial charge in [-0.25, -0.2) is 14.2 Å². The molecule has 0 aromatic carbocycles. The fraction of sp³-hybridized carbons (Fsp3) is 0.143. The summed E-state index contributed by atoms with van der Waals surface area (Å²) in [7, 11) is 1.46. The highest BCUT2D eigenvalue weighted by molar-refractivity contribution is 6.30. The Bertz CT molecular complexity index is 530. The number of nitrogens with one attached hydrogen (secondary N) is 1. The molecule has 2 heterocycles. The van der Waals surface area contributed by atoms with Gasteiger partial charge in [-0.2, -0.15) is 0 Å². The molecule has 0 aliphatic rings. The van der Waals surface area contributed by atoms with Crippen LogP contribution in [0.4, 0.5) is 4.39 Å². The number of aryl methyl sites for hydroxylation is 1. The largest absolute Gasteiger partial charge is 0.326 e. The average Bonchev–Trinajstić information content (AvgIpc) is 2.37. The highest BCUT2D eigenvalue weighted by Gasteiger charge is 2.12. The fourth-order valence-electron chi connectivity index (χ4n) is 1.17. The molecule has 13 heavy (non-hydrogen) atoms. The molecule has 1 N–H and O–H groups in total. The minimum Gasteiger partial charge on any atom is -0.304 e. The van der Waals surface area contributed by atoms with Crippen LogP contribution in [-0.4, -0.2) is 14.5 Å². The van der Waals surface area contributed by atoms with E-state index in [-0.39, 0.29) is 10.7 Å². The molecule has 0 aliphatic carbocycles. The molecule has 2 aromatic heterocycles. The van der Waals surface area contributed by atoms with Crippen LogP contribution in [0.5, 0.6) is 0 Å². The van der Waals surface area contributed by atoms with Gasteiger partial charge in [0.25, 0.3) is 0 Å². The van der Waals surface area contributed by atoms with Crippen LogP contribution in [-0.2, 0) is 7.05 Å². The molecule has 0 aliphatic heterocycles. The molecule has 2 aromatic rings. The van der Waals surface area contributed by atoms with Gasteiger partial charge in [-0.15, -0.1) is 0 Å². The van der Waals surface area contributed by atoms with Crippen molar-refractivity contribution in [3.05, 3.63) is 27.7 Å². The number of aromatic amines is 1. The number of fused-ring (bicyclic) bond motifs is 1. The third kappa shape index (κ3) is 1.04. The van der Waals surface area contributed by atoms with Crippen LogP contribution < -0.4 is 5.69 Å². The molecule has 0 spiro atoms. The Morgan fingerprint density at radius 1 is 1.69 bits per heavy atom. The van der Waals surface area contributed by atoms with Crippen LogP contribution in [0.15, 0.2) is 11.0 Å². The zero-order valence-electron chi connectivity index (χ0n) is 6.64. The van der Waals surface area contributed by atoms with Gasteiger partial charge in [-0.3, -0.25) is 4.57 Å². The number of pyridine rings is 1. The summed E-state index contributed by atoms with van der Waals surface area (Å²) < 4.78 is 14.4. The standard InChI is InChI=1S/C7H5ClFN3O/c1-12-5-3(11-7(12)13)2-10-6(8)4(5)9/h2H,1H3,(H,11,13). The van der Waals surface area contributed by atoms with Gasteiger partial charge in [-0.1, -0.05) is 11.6 Å². The highest BCUT2D eigenvalue weighted by Crippen LogP contribution is 2.18. The quantitative estimate of drug-likeness (QED) is 0.648. The number of halogens is 2. The summed E-state index contributed by atoms with van der Waals surface area (Å²) in [6.07, 6.45) is 1.32. The van der Waals surface area contributed by atoms with Crippen LogP contribution in [0.2, 0.25) is 5.15 Å². The predicted octanol–water partition coefficient (Wildman–Crippen LogP) is 1.05. The third-order valence-electron chi connectivity index (χ3n) is 1.83. The SMILES string of the molecule is Cn1c(=O)[nH]c2cnc(Cl)c(F)c21. The maximum absolute atomic E-state index is 13.3. The zero-order valence-corrected chi connectivity index (χ0v) is 7.39. The van der Waals surface area contributed by atoms with E-state index in [0.717, 1.165) is 4.57 Å². The zero-order chi connectivity index (χ0) is 9.59. The Balaban J connectivity index is 3.05. The minimum atomic E-state index is -0.681. The number of imidazole rings is 1. The topological polar surface area (TPSA) is 50.7 Å². The summed E-state index contributed by atoms with van der Waals surface area (Å²) >= 11 is 5.45. The number of nitrogens with zero attached hydrogens (tertiary/aromatic N) is 2. The van der Waals surface area contributed by atoms with Gasteiger partial charge in [0, 0.05) is 7.05 Å². The summed E-state index contributed by atoms with van der Waals surface area (Å²) in [5, 5.41) is -0.234. The normalized spacial score (nSPS) is 11.0. The van der Waals surface area contributed by atoms with Crippen molar-refractivity contribution in [1.82, 2.24) is 14.5 Å². The summed E-state index contributed by atoms with van der Waals surface area (Å²) in [5.74, 6) is -0.681. The van der Waals surface area contributed by atoms with Crippen molar-refractivity contribution in [3.8, 4) is 0 Å². The molecular weight excluding hydrogens is 197 g/mol. The lowest BCUT2D eigenvalue weighted by Crippen LogP contribution is -2.12. The van der Waals surface area contributed by atoms with Crippen molar-refractivity contribution in [1.29, 1.82) is 0 Å². The molecule has 0 saturated carbocycles. The second kappa shape index (κ2) is 2.56. The van der Waals surface area contributed by atoms with Crippen molar-refractivity contribution in [2.75, 3.05) is 0 Å². The van der Waals surface area contributed by atoms with E-state index in [1.54, 1.807) is 0 Å². The molecule has 4 nitrogen and oxygen atoms in total. The summed E-state index contributed by atoms with van der Waals surface area (Å²) in [6.45, 7) is 0. The minimum absolute atomic E-state index is 0.144. The number of aromatic nitrogens is 3. The third-order valence-corrected chi connectivity index (χ3v) is 2.10. The molecule has 0 fully saturated rings. The first-order valence-electron chi connectivity index (χ1n) is 3.50. The predicted molar refractivity (Wildman–Crippen MR) is 46.3 cm³/mol. The van der Waals surface area contributed by atoms with Crippen LogP contribution >= 0.6 is 11.6 Å². The molecular formula is C7H5ClFN3O. The Labute approximate surface area is 77.0 Å². The van der Waals surface area contributed by atoms with Crippen LogP contribution in [0.25, 0.3) is 11.0 Å².